The third-order valence-electron chi connectivity index (χ3n) is 1.96. The molecule has 0 unspecified atom stereocenters. The number of aliphatic carboxylic acids is 1. The predicted octanol–water partition coefficient (Wildman–Crippen LogP) is 0.849. The summed E-state index contributed by atoms with van der Waals surface area (Å²) in [6, 6.07) is 0. The Kier molecular flexibility index (Phi) is 5.03. The van der Waals surface area contributed by atoms with Crippen LogP contribution in [0.2, 0.25) is 0 Å². The minimum Gasteiger partial charge on any atom is -0.481 e. The Bertz CT molecular complexity index is 481. The smallest absolute Gasteiger partial charge is 0.303 e. The minimum atomic E-state index is -3.53. The molecule has 0 spiro atoms. The fourth-order valence-corrected chi connectivity index (χ4v) is 3.34. The van der Waals surface area contributed by atoms with Gasteiger partial charge in [0, 0.05) is 13.0 Å². The zero-order valence-corrected chi connectivity index (χ0v) is 11.0. The molecular weight excluding hydrogens is 264 g/mol. The predicted molar refractivity (Wildman–Crippen MR) is 63.6 cm³/mol. The van der Waals surface area contributed by atoms with E-state index in [1.165, 1.54) is 6.20 Å². The van der Waals surface area contributed by atoms with E-state index in [-0.39, 0.29) is 23.6 Å². The number of hydrogen-bond acceptors (Lipinski definition) is 5. The first kappa shape index (κ1) is 14.1. The summed E-state index contributed by atoms with van der Waals surface area (Å²) in [4.78, 5) is 14.2. The number of nitrogens with zero attached hydrogens (tertiary/aromatic N) is 1. The zero-order chi connectivity index (χ0) is 12.9. The molecule has 0 bridgehead atoms. The van der Waals surface area contributed by atoms with E-state index in [1.807, 2.05) is 6.92 Å². The van der Waals surface area contributed by atoms with E-state index in [0.717, 1.165) is 16.3 Å². The first-order chi connectivity index (χ1) is 7.95. The zero-order valence-electron chi connectivity index (χ0n) is 9.34. The van der Waals surface area contributed by atoms with Crippen LogP contribution in [0.4, 0.5) is 0 Å². The van der Waals surface area contributed by atoms with Gasteiger partial charge >= 0.3 is 5.97 Å². The summed E-state index contributed by atoms with van der Waals surface area (Å²) in [7, 11) is -3.53. The molecule has 0 saturated carbocycles. The summed E-state index contributed by atoms with van der Waals surface area (Å²) in [6.07, 6.45) is 2.24. The van der Waals surface area contributed by atoms with E-state index in [1.54, 1.807) is 0 Å². The molecule has 0 radical (unpaired) electrons. The van der Waals surface area contributed by atoms with Crippen LogP contribution in [0, 0.1) is 0 Å². The van der Waals surface area contributed by atoms with Crippen molar-refractivity contribution in [2.24, 2.45) is 0 Å². The molecule has 0 aliphatic heterocycles. The Morgan fingerprint density at radius 2 is 2.29 bits per heavy atom. The second-order valence-corrected chi connectivity index (χ2v) is 6.43. The number of aromatic nitrogens is 1. The van der Waals surface area contributed by atoms with Crippen LogP contribution in [0.3, 0.4) is 0 Å². The normalized spacial score (nSPS) is 11.6. The van der Waals surface area contributed by atoms with Gasteiger partial charge < -0.3 is 5.11 Å². The first-order valence-electron chi connectivity index (χ1n) is 5.12. The summed E-state index contributed by atoms with van der Waals surface area (Å²) in [5, 5.41) is 9.17. The summed E-state index contributed by atoms with van der Waals surface area (Å²) >= 11 is 1.13. The highest BCUT2D eigenvalue weighted by molar-refractivity contribution is 7.91. The van der Waals surface area contributed by atoms with E-state index in [9.17, 15) is 13.2 Å². The third-order valence-corrected chi connectivity index (χ3v) is 5.02. The van der Waals surface area contributed by atoms with E-state index >= 15 is 0 Å². The summed E-state index contributed by atoms with van der Waals surface area (Å²) in [5.74, 6) is -0.935. The number of nitrogens with one attached hydrogen (secondary N) is 1. The van der Waals surface area contributed by atoms with Crippen LogP contribution in [0.5, 0.6) is 0 Å². The van der Waals surface area contributed by atoms with Crippen molar-refractivity contribution in [2.75, 3.05) is 6.54 Å². The molecule has 6 nitrogen and oxygen atoms in total. The van der Waals surface area contributed by atoms with Crippen LogP contribution in [0.1, 0.15) is 24.8 Å². The Balaban J connectivity index is 2.53. The lowest BCUT2D eigenvalue weighted by atomic mass is 10.3. The lowest BCUT2D eigenvalue weighted by molar-refractivity contribution is -0.137. The lowest BCUT2D eigenvalue weighted by Gasteiger charge is -2.02. The quantitative estimate of drug-likeness (QED) is 0.721. The Morgan fingerprint density at radius 3 is 2.82 bits per heavy atom. The van der Waals surface area contributed by atoms with Gasteiger partial charge in [0.2, 0.25) is 0 Å². The fraction of sp³-hybridized carbons (Fsp3) is 0.556. The Labute approximate surface area is 104 Å². The number of carbonyl (C=O) groups is 1. The summed E-state index contributed by atoms with van der Waals surface area (Å²) in [6.45, 7) is 2.02. The van der Waals surface area contributed by atoms with Crippen LogP contribution < -0.4 is 4.72 Å². The average molecular weight is 278 g/mol. The van der Waals surface area contributed by atoms with Crippen molar-refractivity contribution in [3.63, 3.8) is 0 Å². The molecule has 1 heterocycles. The standard InChI is InChI=1S/C9H14N2O4S2/c1-2-7-10-6-9(16-7)17(14,15)11-5-3-4-8(12)13/h6,11H,2-5H2,1H3,(H,12,13). The molecule has 1 rings (SSSR count). The molecule has 17 heavy (non-hydrogen) atoms. The van der Waals surface area contributed by atoms with Crippen molar-refractivity contribution in [3.05, 3.63) is 11.2 Å². The number of aryl methyl sites for hydroxylation is 1. The molecule has 0 atom stereocenters. The van der Waals surface area contributed by atoms with Crippen molar-refractivity contribution in [2.45, 2.75) is 30.4 Å². The number of thiazole rings is 1. The number of sulfonamides is 1. The number of rotatable bonds is 7. The molecule has 0 aliphatic carbocycles. The van der Waals surface area contributed by atoms with Crippen molar-refractivity contribution >= 4 is 27.3 Å². The van der Waals surface area contributed by atoms with Gasteiger partial charge in [-0.2, -0.15) is 0 Å². The van der Waals surface area contributed by atoms with Gasteiger partial charge in [0.05, 0.1) is 11.2 Å². The first-order valence-corrected chi connectivity index (χ1v) is 7.42. The highest BCUT2D eigenvalue weighted by Gasteiger charge is 2.16. The highest BCUT2D eigenvalue weighted by atomic mass is 32.2. The maximum atomic E-state index is 11.7. The van der Waals surface area contributed by atoms with Crippen LogP contribution in [0.15, 0.2) is 10.4 Å². The second kappa shape index (κ2) is 6.08. The van der Waals surface area contributed by atoms with Gasteiger partial charge in [-0.25, -0.2) is 18.1 Å². The molecule has 1 aromatic rings. The van der Waals surface area contributed by atoms with Crippen molar-refractivity contribution < 1.29 is 18.3 Å². The molecular formula is C9H14N2O4S2. The van der Waals surface area contributed by atoms with Crippen molar-refractivity contribution in [1.82, 2.24) is 9.71 Å². The number of carboxylic acid groups (broad SMARTS) is 1. The molecule has 0 aliphatic rings. The third kappa shape index (κ3) is 4.41. The van der Waals surface area contributed by atoms with Crippen LogP contribution >= 0.6 is 11.3 Å². The maximum Gasteiger partial charge on any atom is 0.303 e. The van der Waals surface area contributed by atoms with Gasteiger partial charge in [-0.05, 0) is 12.8 Å². The van der Waals surface area contributed by atoms with E-state index in [4.69, 9.17) is 5.11 Å². The van der Waals surface area contributed by atoms with Gasteiger partial charge in [0.15, 0.2) is 4.21 Å². The second-order valence-electron chi connectivity index (χ2n) is 3.32. The summed E-state index contributed by atoms with van der Waals surface area (Å²) in [5.41, 5.74) is 0. The van der Waals surface area contributed by atoms with Gasteiger partial charge in [0.25, 0.3) is 10.0 Å². The van der Waals surface area contributed by atoms with Gasteiger partial charge in [-0.1, -0.05) is 6.92 Å². The van der Waals surface area contributed by atoms with E-state index in [2.05, 4.69) is 9.71 Å². The SMILES string of the molecule is CCc1ncc(S(=O)(=O)NCCCC(=O)O)s1. The molecule has 96 valence electrons. The van der Waals surface area contributed by atoms with Gasteiger partial charge in [-0.15, -0.1) is 11.3 Å². The fourth-order valence-electron chi connectivity index (χ4n) is 1.10. The average Bonchev–Trinajstić information content (AvgIpc) is 2.73. The molecule has 0 saturated heterocycles. The minimum absolute atomic E-state index is 0.0502. The largest absolute Gasteiger partial charge is 0.481 e. The van der Waals surface area contributed by atoms with Gasteiger partial charge in [-0.3, -0.25) is 4.79 Å². The van der Waals surface area contributed by atoms with Crippen LogP contribution in [-0.4, -0.2) is 31.0 Å². The van der Waals surface area contributed by atoms with Crippen molar-refractivity contribution in [1.29, 1.82) is 0 Å². The van der Waals surface area contributed by atoms with Gasteiger partial charge in [0.1, 0.15) is 0 Å². The summed E-state index contributed by atoms with van der Waals surface area (Å²) < 4.78 is 26.0. The molecule has 1 aromatic heterocycles. The molecule has 0 aromatic carbocycles. The van der Waals surface area contributed by atoms with E-state index in [0.29, 0.717) is 6.42 Å². The number of hydrogen-bond donors (Lipinski definition) is 2. The highest BCUT2D eigenvalue weighted by Crippen LogP contribution is 2.18. The Hall–Kier alpha value is -0.990. The molecule has 2 N–H and O–H groups in total. The van der Waals surface area contributed by atoms with E-state index < -0.39 is 16.0 Å². The monoisotopic (exact) mass is 278 g/mol. The molecule has 8 heteroatoms. The van der Waals surface area contributed by atoms with Crippen LogP contribution in [-0.2, 0) is 21.2 Å². The lowest BCUT2D eigenvalue weighted by Crippen LogP contribution is -2.24. The van der Waals surface area contributed by atoms with Crippen molar-refractivity contribution in [3.8, 4) is 0 Å². The number of carboxylic acids is 1. The maximum absolute atomic E-state index is 11.7. The van der Waals surface area contributed by atoms with Crippen LogP contribution in [0.25, 0.3) is 0 Å². The molecule has 0 amide bonds. The molecule has 0 fully saturated rings. The Morgan fingerprint density at radius 1 is 1.59 bits per heavy atom. The topological polar surface area (TPSA) is 96.4 Å².